The minimum atomic E-state index is -0.254. The Bertz CT molecular complexity index is 1130. The van der Waals surface area contributed by atoms with Crippen molar-refractivity contribution in [3.8, 4) is 11.5 Å². The van der Waals surface area contributed by atoms with E-state index in [4.69, 9.17) is 9.47 Å². The van der Waals surface area contributed by atoms with Crippen LogP contribution in [0.5, 0.6) is 11.5 Å². The third-order valence-corrected chi connectivity index (χ3v) is 6.13. The summed E-state index contributed by atoms with van der Waals surface area (Å²) >= 11 is 3.58. The molecule has 176 valence electrons. The van der Waals surface area contributed by atoms with Gasteiger partial charge in [0, 0.05) is 24.3 Å². The van der Waals surface area contributed by atoms with Gasteiger partial charge < -0.3 is 14.4 Å². The first-order valence-corrected chi connectivity index (χ1v) is 12.2. The van der Waals surface area contributed by atoms with Gasteiger partial charge in [0.2, 0.25) is 0 Å². The lowest BCUT2D eigenvalue weighted by atomic mass is 10.2. The van der Waals surface area contributed by atoms with Crippen molar-refractivity contribution in [1.82, 2.24) is 5.43 Å². The highest BCUT2D eigenvalue weighted by Gasteiger charge is 2.14. The molecule has 1 N–H and O–H groups in total. The Labute approximate surface area is 208 Å². The molecule has 7 heteroatoms. The van der Waals surface area contributed by atoms with Crippen molar-refractivity contribution in [3.05, 3.63) is 87.9 Å². The lowest BCUT2D eigenvalue weighted by Crippen LogP contribution is -2.19. The van der Waals surface area contributed by atoms with Crippen LogP contribution in [0.1, 0.15) is 41.3 Å². The van der Waals surface area contributed by atoms with Gasteiger partial charge in [-0.15, -0.1) is 0 Å². The zero-order chi connectivity index (χ0) is 23.8. The molecule has 1 fully saturated rings. The zero-order valence-electron chi connectivity index (χ0n) is 19.2. The topological polar surface area (TPSA) is 63.2 Å². The summed E-state index contributed by atoms with van der Waals surface area (Å²) < 4.78 is 12.6. The highest BCUT2D eigenvalue weighted by atomic mass is 79.9. The van der Waals surface area contributed by atoms with Crippen molar-refractivity contribution >= 4 is 33.7 Å². The number of carbonyl (C=O) groups excluding carboxylic acids is 1. The first kappa shape index (κ1) is 23.8. The fourth-order valence-electron chi connectivity index (χ4n) is 3.82. The molecule has 4 rings (SSSR count). The summed E-state index contributed by atoms with van der Waals surface area (Å²) in [5, 5.41) is 4.13. The summed E-state index contributed by atoms with van der Waals surface area (Å²) in [5.74, 6) is 0.985. The number of carbonyl (C=O) groups is 1. The van der Waals surface area contributed by atoms with Gasteiger partial charge in [-0.1, -0.05) is 30.3 Å². The number of hydrogen-bond acceptors (Lipinski definition) is 5. The maximum Gasteiger partial charge on any atom is 0.271 e. The second-order valence-corrected chi connectivity index (χ2v) is 8.83. The maximum absolute atomic E-state index is 12.5. The van der Waals surface area contributed by atoms with E-state index in [1.165, 1.54) is 12.8 Å². The number of amides is 1. The van der Waals surface area contributed by atoms with E-state index >= 15 is 0 Å². The molecule has 1 amide bonds. The van der Waals surface area contributed by atoms with Crippen LogP contribution in [0, 0.1) is 0 Å². The Balaban J connectivity index is 1.40. The summed E-state index contributed by atoms with van der Waals surface area (Å²) in [7, 11) is 0. The first-order valence-electron chi connectivity index (χ1n) is 11.5. The van der Waals surface area contributed by atoms with E-state index in [-0.39, 0.29) is 5.91 Å². The van der Waals surface area contributed by atoms with Gasteiger partial charge in [-0.25, -0.2) is 5.43 Å². The smallest absolute Gasteiger partial charge is 0.271 e. The molecule has 0 spiro atoms. The molecule has 34 heavy (non-hydrogen) atoms. The van der Waals surface area contributed by atoms with Gasteiger partial charge in [-0.3, -0.25) is 4.79 Å². The number of ether oxygens (including phenoxy) is 2. The van der Waals surface area contributed by atoms with Gasteiger partial charge in [0.25, 0.3) is 5.91 Å². The van der Waals surface area contributed by atoms with E-state index in [0.29, 0.717) is 30.3 Å². The van der Waals surface area contributed by atoms with Crippen molar-refractivity contribution < 1.29 is 14.3 Å². The molecule has 0 atom stereocenters. The van der Waals surface area contributed by atoms with Crippen LogP contribution in [0.4, 0.5) is 5.69 Å². The molecule has 3 aromatic carbocycles. The molecule has 1 saturated heterocycles. The maximum atomic E-state index is 12.5. The molecule has 0 aliphatic carbocycles. The van der Waals surface area contributed by atoms with Crippen molar-refractivity contribution in [2.24, 2.45) is 5.10 Å². The van der Waals surface area contributed by atoms with E-state index in [1.54, 1.807) is 6.21 Å². The van der Waals surface area contributed by atoms with Crippen molar-refractivity contribution in [2.75, 3.05) is 24.6 Å². The number of benzene rings is 3. The van der Waals surface area contributed by atoms with Crippen LogP contribution in [0.3, 0.4) is 0 Å². The third kappa shape index (κ3) is 6.17. The summed E-state index contributed by atoms with van der Waals surface area (Å²) in [6, 6.07) is 21.3. The fraction of sp³-hybridized carbons (Fsp3) is 0.259. The van der Waals surface area contributed by atoms with E-state index in [1.807, 2.05) is 73.7 Å². The van der Waals surface area contributed by atoms with E-state index in [0.717, 1.165) is 34.4 Å². The Hall–Kier alpha value is -3.32. The van der Waals surface area contributed by atoms with Crippen LogP contribution in [0.2, 0.25) is 0 Å². The second kappa shape index (κ2) is 11.7. The van der Waals surface area contributed by atoms with Gasteiger partial charge in [0.05, 0.1) is 17.3 Å². The summed E-state index contributed by atoms with van der Waals surface area (Å²) in [4.78, 5) is 14.8. The average Bonchev–Trinajstić information content (AvgIpc) is 3.40. The van der Waals surface area contributed by atoms with Crippen molar-refractivity contribution in [1.29, 1.82) is 0 Å². The summed E-state index contributed by atoms with van der Waals surface area (Å²) in [6.45, 7) is 5.00. The number of rotatable bonds is 9. The molecule has 0 unspecified atom stereocenters. The predicted octanol–water partition coefficient (Wildman–Crippen LogP) is 5.79. The molecule has 6 nitrogen and oxygen atoms in total. The first-order chi connectivity index (χ1) is 16.6. The highest BCUT2D eigenvalue weighted by Crippen LogP contribution is 2.37. The quantitative estimate of drug-likeness (QED) is 0.286. The van der Waals surface area contributed by atoms with E-state index in [9.17, 15) is 4.79 Å². The summed E-state index contributed by atoms with van der Waals surface area (Å²) in [6.07, 6.45) is 4.03. The zero-order valence-corrected chi connectivity index (χ0v) is 20.8. The minimum Gasteiger partial charge on any atom is -0.490 e. The molecule has 0 radical (unpaired) electrons. The molecule has 1 aliphatic rings. The highest BCUT2D eigenvalue weighted by molar-refractivity contribution is 9.10. The standard InChI is InChI=1S/C27H28BrN3O3/c1-2-33-25-17-21(16-24(28)26(25)34-19-20-8-4-3-5-9-20)18-29-30-27(32)22-10-12-23(13-11-22)31-14-6-7-15-31/h3-5,8-13,16-18H,2,6-7,14-15,19H2,1H3,(H,30,32)/b29-18-. The van der Waals surface area contributed by atoms with Crippen LogP contribution in [-0.4, -0.2) is 31.8 Å². The van der Waals surface area contributed by atoms with Crippen LogP contribution < -0.4 is 19.8 Å². The van der Waals surface area contributed by atoms with Crippen LogP contribution >= 0.6 is 15.9 Å². The number of hydrogen-bond donors (Lipinski definition) is 1. The Morgan fingerprint density at radius 2 is 1.79 bits per heavy atom. The number of hydrazone groups is 1. The predicted molar refractivity (Wildman–Crippen MR) is 139 cm³/mol. The monoisotopic (exact) mass is 521 g/mol. The lowest BCUT2D eigenvalue weighted by Gasteiger charge is -2.17. The molecule has 0 bridgehead atoms. The largest absolute Gasteiger partial charge is 0.490 e. The SMILES string of the molecule is CCOc1cc(/C=N\NC(=O)c2ccc(N3CCCC3)cc2)cc(Br)c1OCc1ccccc1. The summed E-state index contributed by atoms with van der Waals surface area (Å²) in [5.41, 5.74) is 6.16. The van der Waals surface area contributed by atoms with Crippen LogP contribution in [0.15, 0.2) is 76.3 Å². The van der Waals surface area contributed by atoms with Gasteiger partial charge >= 0.3 is 0 Å². The molecule has 0 saturated carbocycles. The van der Waals surface area contributed by atoms with Crippen molar-refractivity contribution in [3.63, 3.8) is 0 Å². The van der Waals surface area contributed by atoms with E-state index < -0.39 is 0 Å². The molecule has 1 aliphatic heterocycles. The van der Waals surface area contributed by atoms with Crippen molar-refractivity contribution in [2.45, 2.75) is 26.4 Å². The molecule has 0 aromatic heterocycles. The van der Waals surface area contributed by atoms with Gasteiger partial charge in [0.15, 0.2) is 11.5 Å². The minimum absolute atomic E-state index is 0.254. The lowest BCUT2D eigenvalue weighted by molar-refractivity contribution is 0.0955. The Kier molecular flexibility index (Phi) is 8.20. The average molecular weight is 522 g/mol. The number of nitrogens with one attached hydrogen (secondary N) is 1. The van der Waals surface area contributed by atoms with Gasteiger partial charge in [-0.05, 0) is 83.2 Å². The normalized spacial score (nSPS) is 13.3. The Morgan fingerprint density at radius 3 is 2.50 bits per heavy atom. The van der Waals surface area contributed by atoms with Gasteiger partial charge in [0.1, 0.15) is 6.61 Å². The number of halogens is 1. The van der Waals surface area contributed by atoms with Crippen LogP contribution in [0.25, 0.3) is 0 Å². The second-order valence-electron chi connectivity index (χ2n) is 7.98. The third-order valence-electron chi connectivity index (χ3n) is 5.54. The van der Waals surface area contributed by atoms with E-state index in [2.05, 4.69) is 31.4 Å². The molecular weight excluding hydrogens is 494 g/mol. The van der Waals surface area contributed by atoms with Crippen LogP contribution in [-0.2, 0) is 6.61 Å². The number of nitrogens with zero attached hydrogens (tertiary/aromatic N) is 2. The molecule has 1 heterocycles. The fourth-order valence-corrected chi connectivity index (χ4v) is 4.40. The number of anilines is 1. The molecule has 3 aromatic rings. The molecular formula is C27H28BrN3O3. The van der Waals surface area contributed by atoms with Gasteiger partial charge in [-0.2, -0.15) is 5.10 Å². The Morgan fingerprint density at radius 1 is 1.06 bits per heavy atom.